The number of aliphatic hydroxyl groups excluding tert-OH is 9. The number of aliphatic hydroxyl groups is 9. The van der Waals surface area contributed by atoms with Crippen molar-refractivity contribution in [2.24, 2.45) is 0 Å². The van der Waals surface area contributed by atoms with Gasteiger partial charge in [0.25, 0.3) is 0 Å². The molecular formula is C24H38O22S. The summed E-state index contributed by atoms with van der Waals surface area (Å²) >= 11 is 0. The van der Waals surface area contributed by atoms with Crippen molar-refractivity contribution in [1.82, 2.24) is 0 Å². The third-order valence-corrected chi connectivity index (χ3v) is 9.33. The van der Waals surface area contributed by atoms with Gasteiger partial charge in [-0.3, -0.25) is 4.55 Å². The van der Waals surface area contributed by atoms with E-state index in [-0.39, 0.29) is 13.2 Å². The molecule has 0 saturated carbocycles. The Bertz CT molecular complexity index is 1180. The summed E-state index contributed by atoms with van der Waals surface area (Å²) in [6.45, 7) is -2.01. The third-order valence-electron chi connectivity index (χ3n) is 8.90. The Morgan fingerprint density at radius 1 is 0.574 bits per heavy atom. The molecule has 0 amide bonds. The SMILES string of the molecule is O=S(=O)(O)OC[C@H]1O[C@@H](O[C@H]2[C@H]3OC[C@@H]2O[C@@H](O[C@H]2[C@@H](O)[C@@H](CO)OC(O)[C@@H]2O)[C@H]3O)[C@H](O)[C@@H](O[C@@H]2O[C@H]3CO[C@@H]([C@@H]2O)[C@@H]3O)[C@H]1O. The Hall–Kier alpha value is -0.850. The second-order valence-electron chi connectivity index (χ2n) is 11.9. The number of hydrogen-bond acceptors (Lipinski definition) is 21. The van der Waals surface area contributed by atoms with Crippen LogP contribution in [0.1, 0.15) is 0 Å². The lowest BCUT2D eigenvalue weighted by molar-refractivity contribution is -0.372. The van der Waals surface area contributed by atoms with Gasteiger partial charge in [0.2, 0.25) is 0 Å². The van der Waals surface area contributed by atoms with Crippen molar-refractivity contribution in [3.05, 3.63) is 0 Å². The van der Waals surface area contributed by atoms with Crippen molar-refractivity contribution >= 4 is 10.4 Å². The molecule has 1 unspecified atom stereocenters. The van der Waals surface area contributed by atoms with Crippen LogP contribution in [0.25, 0.3) is 0 Å². The fourth-order valence-electron chi connectivity index (χ4n) is 6.42. The minimum atomic E-state index is -5.03. The molecule has 6 saturated heterocycles. The second-order valence-corrected chi connectivity index (χ2v) is 13.0. The van der Waals surface area contributed by atoms with Gasteiger partial charge in [0.1, 0.15) is 97.7 Å². The molecule has 0 aromatic heterocycles. The summed E-state index contributed by atoms with van der Waals surface area (Å²) in [6.07, 6.45) is -30.3. The number of fused-ring (bicyclic) bond motifs is 4. The van der Waals surface area contributed by atoms with Crippen molar-refractivity contribution in [2.75, 3.05) is 26.4 Å². The molecule has 272 valence electrons. The zero-order valence-electron chi connectivity index (χ0n) is 24.2. The molecule has 6 fully saturated rings. The van der Waals surface area contributed by atoms with E-state index in [1.807, 2.05) is 0 Å². The van der Waals surface area contributed by atoms with E-state index in [1.54, 1.807) is 0 Å². The van der Waals surface area contributed by atoms with Gasteiger partial charge in [-0.25, -0.2) is 4.18 Å². The Labute approximate surface area is 265 Å². The highest BCUT2D eigenvalue weighted by Crippen LogP contribution is 2.38. The zero-order valence-corrected chi connectivity index (χ0v) is 25.0. The first-order valence-electron chi connectivity index (χ1n) is 14.7. The number of ether oxygens (including phenoxy) is 9. The molecular weight excluding hydrogens is 672 g/mol. The van der Waals surface area contributed by atoms with Crippen LogP contribution in [0.15, 0.2) is 0 Å². The molecule has 10 N–H and O–H groups in total. The predicted octanol–water partition coefficient (Wildman–Crippen LogP) is -7.83. The average Bonchev–Trinajstić information content (AvgIpc) is 3.47. The lowest BCUT2D eigenvalue weighted by Crippen LogP contribution is -2.66. The minimum absolute atomic E-state index is 0.0786. The van der Waals surface area contributed by atoms with E-state index in [1.165, 1.54) is 0 Å². The van der Waals surface area contributed by atoms with Crippen LogP contribution in [0.5, 0.6) is 0 Å². The van der Waals surface area contributed by atoms with E-state index < -0.39 is 146 Å². The van der Waals surface area contributed by atoms with Crippen molar-refractivity contribution in [3.8, 4) is 0 Å². The van der Waals surface area contributed by atoms with Crippen molar-refractivity contribution in [2.45, 2.75) is 123 Å². The first-order chi connectivity index (χ1) is 22.2. The largest absolute Gasteiger partial charge is 0.397 e. The molecule has 22 nitrogen and oxygen atoms in total. The summed E-state index contributed by atoms with van der Waals surface area (Å²) in [6, 6.07) is 0. The number of hydrogen-bond donors (Lipinski definition) is 10. The van der Waals surface area contributed by atoms with E-state index in [9.17, 15) is 54.4 Å². The summed E-state index contributed by atoms with van der Waals surface area (Å²) in [5.41, 5.74) is 0. The van der Waals surface area contributed by atoms with Crippen LogP contribution in [-0.4, -0.2) is 208 Å². The van der Waals surface area contributed by atoms with Gasteiger partial charge in [0, 0.05) is 0 Å². The fourth-order valence-corrected chi connectivity index (χ4v) is 6.72. The van der Waals surface area contributed by atoms with Crippen LogP contribution in [0.4, 0.5) is 0 Å². The van der Waals surface area contributed by atoms with Gasteiger partial charge >= 0.3 is 10.4 Å². The van der Waals surface area contributed by atoms with Crippen LogP contribution in [-0.2, 0) is 57.2 Å². The number of rotatable bonds is 10. The summed E-state index contributed by atoms with van der Waals surface area (Å²) in [7, 11) is -5.03. The van der Waals surface area contributed by atoms with E-state index in [0.717, 1.165) is 0 Å². The van der Waals surface area contributed by atoms with Gasteiger partial charge in [-0.15, -0.1) is 0 Å². The molecule has 6 aliphatic rings. The maximum absolute atomic E-state index is 11.2. The average molecular weight is 711 g/mol. The van der Waals surface area contributed by atoms with Crippen LogP contribution in [0.3, 0.4) is 0 Å². The molecule has 0 aromatic carbocycles. The highest BCUT2D eigenvalue weighted by atomic mass is 32.3. The first kappa shape index (κ1) is 36.0. The Balaban J connectivity index is 1.16. The highest BCUT2D eigenvalue weighted by molar-refractivity contribution is 7.80. The molecule has 6 aliphatic heterocycles. The summed E-state index contributed by atoms with van der Waals surface area (Å²) < 4.78 is 85.8. The third kappa shape index (κ3) is 7.06. The summed E-state index contributed by atoms with van der Waals surface area (Å²) in [5.74, 6) is 0. The lowest BCUT2D eigenvalue weighted by atomic mass is 9.96. The maximum Gasteiger partial charge on any atom is 0.397 e. The molecule has 0 aliphatic carbocycles. The molecule has 6 heterocycles. The minimum Gasteiger partial charge on any atom is -0.394 e. The molecule has 6 rings (SSSR count). The fraction of sp³-hybridized carbons (Fsp3) is 1.00. The molecule has 0 spiro atoms. The zero-order chi connectivity index (χ0) is 33.9. The van der Waals surface area contributed by atoms with Gasteiger partial charge in [0.05, 0.1) is 26.4 Å². The van der Waals surface area contributed by atoms with E-state index in [0.29, 0.717) is 0 Å². The van der Waals surface area contributed by atoms with E-state index in [4.69, 9.17) is 47.2 Å². The Morgan fingerprint density at radius 3 is 1.77 bits per heavy atom. The van der Waals surface area contributed by atoms with Crippen molar-refractivity contribution < 1.29 is 106 Å². The topological polar surface area (TPSA) is 329 Å². The first-order valence-corrected chi connectivity index (χ1v) is 16.0. The summed E-state index contributed by atoms with van der Waals surface area (Å²) in [4.78, 5) is 0. The van der Waals surface area contributed by atoms with E-state index >= 15 is 0 Å². The lowest BCUT2D eigenvalue weighted by Gasteiger charge is -2.47. The van der Waals surface area contributed by atoms with Gasteiger partial charge in [-0.1, -0.05) is 0 Å². The van der Waals surface area contributed by atoms with Gasteiger partial charge < -0.3 is 88.6 Å². The van der Waals surface area contributed by atoms with Crippen LogP contribution in [0.2, 0.25) is 0 Å². The Kier molecular flexibility index (Phi) is 10.7. The Morgan fingerprint density at radius 2 is 1.11 bits per heavy atom. The smallest absolute Gasteiger partial charge is 0.394 e. The van der Waals surface area contributed by atoms with Crippen molar-refractivity contribution in [3.63, 3.8) is 0 Å². The highest BCUT2D eigenvalue weighted by Gasteiger charge is 2.58. The standard InChI is InChI=1S/C24H38O22S/c25-1-5-9(26)18(12(29)21(33)40-5)45-24-15(32)20-16(8(43-24)3-38-20)44-23-14(31)19(11(28)7(42-23)4-39-47(34,35)36)46-22-13(30)17-10(27)6(41-22)2-37-17/h5-33H,1-4H2,(H,34,35,36)/t5-,6+,7-,8+,9+,10-,11+,12-,13+,14-,15+,16-,17-,18+,19+,20+,21?,22+,23+,24+/m1/s1. The van der Waals surface area contributed by atoms with Crippen LogP contribution in [0, 0.1) is 0 Å². The normalized spacial score (nSPS) is 53.3. The van der Waals surface area contributed by atoms with Crippen LogP contribution < -0.4 is 0 Å². The molecule has 23 heteroatoms. The van der Waals surface area contributed by atoms with Gasteiger partial charge in [0.15, 0.2) is 25.2 Å². The molecule has 0 aromatic rings. The molecule has 0 radical (unpaired) electrons. The summed E-state index contributed by atoms with van der Waals surface area (Å²) in [5, 5.41) is 94.1. The van der Waals surface area contributed by atoms with Crippen molar-refractivity contribution in [1.29, 1.82) is 0 Å². The molecule has 4 bridgehead atoms. The quantitative estimate of drug-likeness (QED) is 0.0941. The van der Waals surface area contributed by atoms with Gasteiger partial charge in [-0.05, 0) is 0 Å². The van der Waals surface area contributed by atoms with Crippen LogP contribution >= 0.6 is 0 Å². The molecule has 20 atom stereocenters. The predicted molar refractivity (Wildman–Crippen MR) is 138 cm³/mol. The van der Waals surface area contributed by atoms with Gasteiger partial charge in [-0.2, -0.15) is 8.42 Å². The monoisotopic (exact) mass is 710 g/mol. The van der Waals surface area contributed by atoms with E-state index in [2.05, 4.69) is 4.18 Å². The second kappa shape index (κ2) is 14.0. The maximum atomic E-state index is 11.2. The molecule has 47 heavy (non-hydrogen) atoms.